The molecule has 2 nitrogen and oxygen atoms in total. The monoisotopic (exact) mass is 275 g/mol. The molecule has 0 heterocycles. The number of carbonyl (C=O) groups excluding carboxylic acids is 1. The smallest absolute Gasteiger partial charge is 0.226 e. The van der Waals surface area contributed by atoms with Crippen molar-refractivity contribution in [3.63, 3.8) is 0 Å². The van der Waals surface area contributed by atoms with Crippen molar-refractivity contribution in [3.8, 4) is 0 Å². The van der Waals surface area contributed by atoms with Gasteiger partial charge in [0, 0.05) is 16.1 Å². The van der Waals surface area contributed by atoms with E-state index in [1.165, 1.54) is 0 Å². The van der Waals surface area contributed by atoms with Crippen molar-refractivity contribution in [1.82, 2.24) is 0 Å². The van der Waals surface area contributed by atoms with Crippen LogP contribution in [0.2, 0.25) is 5.02 Å². The van der Waals surface area contributed by atoms with Crippen molar-refractivity contribution in [2.75, 3.05) is 5.32 Å². The van der Waals surface area contributed by atoms with E-state index in [1.807, 2.05) is 13.8 Å². The van der Waals surface area contributed by atoms with Crippen LogP contribution >= 0.6 is 27.5 Å². The fraction of sp³-hybridized carbons (Fsp3) is 0.300. The number of carbonyl (C=O) groups is 1. The van der Waals surface area contributed by atoms with E-state index in [-0.39, 0.29) is 11.8 Å². The van der Waals surface area contributed by atoms with Crippen LogP contribution in [0.3, 0.4) is 0 Å². The summed E-state index contributed by atoms with van der Waals surface area (Å²) in [6.07, 6.45) is 0. The molecule has 0 spiro atoms. The van der Waals surface area contributed by atoms with Crippen LogP contribution in [0.4, 0.5) is 5.69 Å². The maximum absolute atomic E-state index is 11.3. The van der Waals surface area contributed by atoms with Gasteiger partial charge >= 0.3 is 0 Å². The van der Waals surface area contributed by atoms with E-state index in [1.54, 1.807) is 18.2 Å². The Kier molecular flexibility index (Phi) is 3.96. The minimum Gasteiger partial charge on any atom is -0.326 e. The van der Waals surface area contributed by atoms with E-state index in [4.69, 9.17) is 11.6 Å². The van der Waals surface area contributed by atoms with Crippen LogP contribution in [0, 0.1) is 5.92 Å². The molecule has 0 saturated carbocycles. The molecule has 0 aromatic heterocycles. The van der Waals surface area contributed by atoms with Gasteiger partial charge in [-0.25, -0.2) is 0 Å². The normalized spacial score (nSPS) is 10.4. The Morgan fingerprint density at radius 2 is 2.14 bits per heavy atom. The van der Waals surface area contributed by atoms with Crippen LogP contribution in [0.15, 0.2) is 22.7 Å². The summed E-state index contributed by atoms with van der Waals surface area (Å²) in [5.41, 5.74) is 0.719. The Hall–Kier alpha value is -0.540. The first kappa shape index (κ1) is 11.5. The lowest BCUT2D eigenvalue weighted by Crippen LogP contribution is -2.17. The first-order chi connectivity index (χ1) is 6.50. The molecule has 0 aliphatic carbocycles. The highest BCUT2D eigenvalue weighted by atomic mass is 79.9. The lowest BCUT2D eigenvalue weighted by atomic mass is 10.2. The molecule has 4 heteroatoms. The van der Waals surface area contributed by atoms with Crippen molar-refractivity contribution in [3.05, 3.63) is 27.7 Å². The van der Waals surface area contributed by atoms with Crippen LogP contribution in [-0.4, -0.2) is 5.91 Å². The van der Waals surface area contributed by atoms with Gasteiger partial charge in [0.25, 0.3) is 0 Å². The number of halogens is 2. The second-order valence-corrected chi connectivity index (χ2v) is 4.53. The van der Waals surface area contributed by atoms with Crippen molar-refractivity contribution < 1.29 is 4.79 Å². The van der Waals surface area contributed by atoms with Gasteiger partial charge in [-0.15, -0.1) is 0 Å². The first-order valence-electron chi connectivity index (χ1n) is 4.26. The van der Waals surface area contributed by atoms with Crippen LogP contribution in [0.1, 0.15) is 13.8 Å². The number of benzene rings is 1. The number of nitrogens with one attached hydrogen (secondary N) is 1. The molecule has 0 atom stereocenters. The molecule has 1 amide bonds. The molecule has 0 saturated heterocycles. The van der Waals surface area contributed by atoms with Crippen molar-refractivity contribution in [1.29, 1.82) is 0 Å². The van der Waals surface area contributed by atoms with Crippen LogP contribution in [0.5, 0.6) is 0 Å². The van der Waals surface area contributed by atoms with Gasteiger partial charge in [0.2, 0.25) is 5.91 Å². The second kappa shape index (κ2) is 4.80. The lowest BCUT2D eigenvalue weighted by molar-refractivity contribution is -0.118. The molecule has 1 aromatic rings. The van der Waals surface area contributed by atoms with Crippen molar-refractivity contribution >= 4 is 39.1 Å². The molecule has 76 valence electrons. The van der Waals surface area contributed by atoms with Gasteiger partial charge in [-0.05, 0) is 34.1 Å². The van der Waals surface area contributed by atoms with E-state index in [0.717, 1.165) is 10.2 Å². The minimum absolute atomic E-state index is 0.0108. The molecule has 0 aliphatic heterocycles. The largest absolute Gasteiger partial charge is 0.326 e. The SMILES string of the molecule is CC(C)C(=O)Nc1ccc(Br)c(Cl)c1. The highest BCUT2D eigenvalue weighted by molar-refractivity contribution is 9.10. The molecule has 1 N–H and O–H groups in total. The summed E-state index contributed by atoms with van der Waals surface area (Å²) in [4.78, 5) is 11.3. The third kappa shape index (κ3) is 3.00. The molecule has 0 unspecified atom stereocenters. The summed E-state index contributed by atoms with van der Waals surface area (Å²) in [7, 11) is 0. The summed E-state index contributed by atoms with van der Waals surface area (Å²) < 4.78 is 0.821. The Morgan fingerprint density at radius 1 is 1.50 bits per heavy atom. The Morgan fingerprint density at radius 3 is 2.64 bits per heavy atom. The quantitative estimate of drug-likeness (QED) is 0.877. The van der Waals surface area contributed by atoms with E-state index in [0.29, 0.717) is 5.02 Å². The molecule has 0 aliphatic rings. The van der Waals surface area contributed by atoms with E-state index in [9.17, 15) is 4.79 Å². The zero-order valence-corrected chi connectivity index (χ0v) is 10.3. The van der Waals surface area contributed by atoms with Gasteiger partial charge in [-0.2, -0.15) is 0 Å². The third-order valence-electron chi connectivity index (χ3n) is 1.71. The summed E-state index contributed by atoms with van der Waals surface area (Å²) in [5, 5.41) is 3.35. The molecule has 0 fully saturated rings. The third-order valence-corrected chi connectivity index (χ3v) is 2.94. The molecular weight excluding hydrogens is 265 g/mol. The van der Waals surface area contributed by atoms with Crippen LogP contribution < -0.4 is 5.32 Å². The molecule has 1 rings (SSSR count). The molecule has 1 aromatic carbocycles. The zero-order chi connectivity index (χ0) is 10.7. The fourth-order valence-electron chi connectivity index (χ4n) is 0.860. The number of amides is 1. The predicted octanol–water partition coefficient (Wildman–Crippen LogP) is 3.70. The number of anilines is 1. The summed E-state index contributed by atoms with van der Waals surface area (Å²) >= 11 is 9.16. The average molecular weight is 277 g/mol. The van der Waals surface area contributed by atoms with Gasteiger partial charge in [-0.3, -0.25) is 4.79 Å². The first-order valence-corrected chi connectivity index (χ1v) is 5.43. The average Bonchev–Trinajstić information content (AvgIpc) is 2.11. The topological polar surface area (TPSA) is 29.1 Å². The molecule has 14 heavy (non-hydrogen) atoms. The highest BCUT2D eigenvalue weighted by Gasteiger charge is 2.07. The van der Waals surface area contributed by atoms with Crippen LogP contribution in [-0.2, 0) is 4.79 Å². The number of hydrogen-bond acceptors (Lipinski definition) is 1. The van der Waals surface area contributed by atoms with Crippen molar-refractivity contribution in [2.45, 2.75) is 13.8 Å². The van der Waals surface area contributed by atoms with Crippen LogP contribution in [0.25, 0.3) is 0 Å². The lowest BCUT2D eigenvalue weighted by Gasteiger charge is -2.08. The maximum Gasteiger partial charge on any atom is 0.226 e. The van der Waals surface area contributed by atoms with E-state index >= 15 is 0 Å². The van der Waals surface area contributed by atoms with Gasteiger partial charge in [0.15, 0.2) is 0 Å². The van der Waals surface area contributed by atoms with E-state index in [2.05, 4.69) is 21.2 Å². The Balaban J connectivity index is 2.78. The molecular formula is C10H11BrClNO. The summed E-state index contributed by atoms with van der Waals surface area (Å²) in [6, 6.07) is 5.32. The van der Waals surface area contributed by atoms with Gasteiger partial charge in [0.05, 0.1) is 5.02 Å². The standard InChI is InChI=1S/C10H11BrClNO/c1-6(2)10(14)13-7-3-4-8(11)9(12)5-7/h3-6H,1-2H3,(H,13,14). The maximum atomic E-state index is 11.3. The number of rotatable bonds is 2. The molecule has 0 radical (unpaired) electrons. The Bertz CT molecular complexity index is 352. The highest BCUT2D eigenvalue weighted by Crippen LogP contribution is 2.25. The Labute approximate surface area is 96.8 Å². The van der Waals surface area contributed by atoms with Crippen molar-refractivity contribution in [2.24, 2.45) is 5.92 Å². The minimum atomic E-state index is -0.0302. The van der Waals surface area contributed by atoms with Gasteiger partial charge in [-0.1, -0.05) is 25.4 Å². The van der Waals surface area contributed by atoms with Gasteiger partial charge < -0.3 is 5.32 Å². The summed E-state index contributed by atoms with van der Waals surface area (Å²) in [5.74, 6) is -0.0409. The molecule has 0 bridgehead atoms. The predicted molar refractivity (Wildman–Crippen MR) is 62.6 cm³/mol. The second-order valence-electron chi connectivity index (χ2n) is 3.27. The zero-order valence-electron chi connectivity index (χ0n) is 7.97. The fourth-order valence-corrected chi connectivity index (χ4v) is 1.29. The number of hydrogen-bond donors (Lipinski definition) is 1. The van der Waals surface area contributed by atoms with E-state index < -0.39 is 0 Å². The summed E-state index contributed by atoms with van der Waals surface area (Å²) in [6.45, 7) is 3.69. The van der Waals surface area contributed by atoms with Gasteiger partial charge in [0.1, 0.15) is 0 Å².